The number of anilines is 1. The topological polar surface area (TPSA) is 87.3 Å². The van der Waals surface area contributed by atoms with Crippen LogP contribution < -0.4 is 30.0 Å². The van der Waals surface area contributed by atoms with Crippen molar-refractivity contribution in [2.24, 2.45) is 10.7 Å². The molecule has 0 bridgehead atoms. The summed E-state index contributed by atoms with van der Waals surface area (Å²) in [5, 5.41) is 3.09. The molecule has 2 heterocycles. The third kappa shape index (κ3) is 3.77. The highest BCUT2D eigenvalue weighted by molar-refractivity contribution is 5.92. The van der Waals surface area contributed by atoms with Gasteiger partial charge in [0.25, 0.3) is 0 Å². The van der Waals surface area contributed by atoms with E-state index in [0.29, 0.717) is 25.7 Å². The first-order valence-corrected chi connectivity index (χ1v) is 8.63. The number of fused-ring (bicyclic) bond motifs is 2. The Morgan fingerprint density at radius 3 is 2.58 bits per heavy atom. The van der Waals surface area contributed by atoms with Crippen LogP contribution in [0.5, 0.6) is 23.0 Å². The largest absolute Gasteiger partial charge is 0.490 e. The lowest BCUT2D eigenvalue weighted by atomic mass is 10.1. The maximum absolute atomic E-state index is 5.99. The molecule has 0 aliphatic carbocycles. The Morgan fingerprint density at radius 1 is 0.923 bits per heavy atom. The van der Waals surface area contributed by atoms with Crippen LogP contribution in [0.2, 0.25) is 0 Å². The standard InChI is InChI=1S/C19H21N3O4/c20-19(21-7-6-13-2-4-16-17(10-13)26-12-25-16)22-14-3-5-15-18(11-14)24-9-1-8-23-15/h2-5,10-11H,1,6-9,12H2,(H3,20,21,22). The van der Waals surface area contributed by atoms with E-state index in [9.17, 15) is 0 Å². The average Bonchev–Trinajstić information content (AvgIpc) is 2.98. The van der Waals surface area contributed by atoms with Crippen molar-refractivity contribution in [2.45, 2.75) is 12.8 Å². The Hall–Kier alpha value is -3.09. The van der Waals surface area contributed by atoms with Gasteiger partial charge in [-0.15, -0.1) is 0 Å². The molecule has 0 spiro atoms. The van der Waals surface area contributed by atoms with Gasteiger partial charge >= 0.3 is 0 Å². The van der Waals surface area contributed by atoms with Gasteiger partial charge in [0.1, 0.15) is 0 Å². The molecule has 2 aromatic carbocycles. The van der Waals surface area contributed by atoms with Gasteiger partial charge in [0, 0.05) is 24.7 Å². The fourth-order valence-electron chi connectivity index (χ4n) is 2.83. The summed E-state index contributed by atoms with van der Waals surface area (Å²) in [5.74, 6) is 3.41. The predicted octanol–water partition coefficient (Wildman–Crippen LogP) is 2.55. The Labute approximate surface area is 151 Å². The van der Waals surface area contributed by atoms with Gasteiger partial charge in [-0.3, -0.25) is 4.99 Å². The van der Waals surface area contributed by atoms with Gasteiger partial charge in [-0.1, -0.05) is 6.07 Å². The number of hydrogen-bond acceptors (Lipinski definition) is 5. The number of nitrogens with zero attached hydrogens (tertiary/aromatic N) is 1. The first-order chi connectivity index (χ1) is 12.8. The lowest BCUT2D eigenvalue weighted by Crippen LogP contribution is -2.23. The van der Waals surface area contributed by atoms with Crippen LogP contribution in [-0.2, 0) is 6.42 Å². The van der Waals surface area contributed by atoms with E-state index in [1.165, 1.54) is 0 Å². The van der Waals surface area contributed by atoms with Crippen molar-refractivity contribution in [3.05, 3.63) is 42.0 Å². The number of rotatable bonds is 4. The van der Waals surface area contributed by atoms with Crippen LogP contribution in [0.15, 0.2) is 41.4 Å². The molecule has 4 rings (SSSR count). The maximum Gasteiger partial charge on any atom is 0.231 e. The maximum atomic E-state index is 5.99. The highest BCUT2D eigenvalue weighted by atomic mass is 16.7. The van der Waals surface area contributed by atoms with Crippen molar-refractivity contribution < 1.29 is 18.9 Å². The van der Waals surface area contributed by atoms with E-state index in [0.717, 1.165) is 47.1 Å². The molecule has 7 heteroatoms. The molecule has 0 fully saturated rings. The van der Waals surface area contributed by atoms with Gasteiger partial charge in [-0.25, -0.2) is 0 Å². The number of aliphatic imine (C=N–C) groups is 1. The van der Waals surface area contributed by atoms with E-state index in [1.54, 1.807) is 0 Å². The van der Waals surface area contributed by atoms with Gasteiger partial charge in [0.05, 0.1) is 13.2 Å². The molecule has 26 heavy (non-hydrogen) atoms. The third-order valence-corrected chi connectivity index (χ3v) is 4.14. The van der Waals surface area contributed by atoms with Crippen LogP contribution in [0.1, 0.15) is 12.0 Å². The van der Waals surface area contributed by atoms with E-state index >= 15 is 0 Å². The number of nitrogens with one attached hydrogen (secondary N) is 1. The molecule has 136 valence electrons. The predicted molar refractivity (Wildman–Crippen MR) is 98.4 cm³/mol. The lowest BCUT2D eigenvalue weighted by molar-refractivity contribution is 0.174. The summed E-state index contributed by atoms with van der Waals surface area (Å²) >= 11 is 0. The molecule has 3 N–H and O–H groups in total. The molecule has 0 aromatic heterocycles. The third-order valence-electron chi connectivity index (χ3n) is 4.14. The van der Waals surface area contributed by atoms with Crippen LogP contribution in [0.25, 0.3) is 0 Å². The van der Waals surface area contributed by atoms with Crippen molar-refractivity contribution in [3.8, 4) is 23.0 Å². The van der Waals surface area contributed by atoms with Gasteiger partial charge in [0.2, 0.25) is 6.79 Å². The first kappa shape index (κ1) is 16.4. The number of hydrogen-bond donors (Lipinski definition) is 2. The SMILES string of the molecule is NC(=NCCc1ccc2c(c1)OCO2)Nc1ccc2c(c1)OCCCO2. The monoisotopic (exact) mass is 355 g/mol. The quantitative estimate of drug-likeness (QED) is 0.647. The summed E-state index contributed by atoms with van der Waals surface area (Å²) in [6, 6.07) is 11.6. The second-order valence-electron chi connectivity index (χ2n) is 6.04. The molecular weight excluding hydrogens is 334 g/mol. The molecule has 0 radical (unpaired) electrons. The second kappa shape index (κ2) is 7.43. The summed E-state index contributed by atoms with van der Waals surface area (Å²) in [6.07, 6.45) is 1.64. The highest BCUT2D eigenvalue weighted by Crippen LogP contribution is 2.33. The zero-order valence-electron chi connectivity index (χ0n) is 14.4. The molecule has 2 aliphatic heterocycles. The summed E-state index contributed by atoms with van der Waals surface area (Å²) in [5.41, 5.74) is 7.93. The Balaban J connectivity index is 1.34. The minimum absolute atomic E-state index is 0.281. The second-order valence-corrected chi connectivity index (χ2v) is 6.04. The molecule has 0 saturated carbocycles. The van der Waals surface area contributed by atoms with E-state index in [2.05, 4.69) is 10.3 Å². The zero-order chi connectivity index (χ0) is 17.8. The van der Waals surface area contributed by atoms with E-state index in [1.807, 2.05) is 36.4 Å². The van der Waals surface area contributed by atoms with Crippen LogP contribution in [0.3, 0.4) is 0 Å². The summed E-state index contributed by atoms with van der Waals surface area (Å²) in [7, 11) is 0. The van der Waals surface area contributed by atoms with Crippen LogP contribution in [0.4, 0.5) is 5.69 Å². The van der Waals surface area contributed by atoms with Gasteiger partial charge in [0.15, 0.2) is 29.0 Å². The molecule has 7 nitrogen and oxygen atoms in total. The fourth-order valence-corrected chi connectivity index (χ4v) is 2.83. The van der Waals surface area contributed by atoms with Gasteiger partial charge < -0.3 is 30.0 Å². The minimum atomic E-state index is 0.281. The zero-order valence-corrected chi connectivity index (χ0v) is 14.4. The van der Waals surface area contributed by atoms with E-state index < -0.39 is 0 Å². The van der Waals surface area contributed by atoms with Crippen molar-refractivity contribution in [1.82, 2.24) is 0 Å². The Kier molecular flexibility index (Phi) is 4.68. The molecule has 2 aliphatic rings. The average molecular weight is 355 g/mol. The van der Waals surface area contributed by atoms with Crippen molar-refractivity contribution in [1.29, 1.82) is 0 Å². The number of guanidine groups is 1. The minimum Gasteiger partial charge on any atom is -0.490 e. The number of benzene rings is 2. The van der Waals surface area contributed by atoms with Crippen LogP contribution >= 0.6 is 0 Å². The van der Waals surface area contributed by atoms with Crippen molar-refractivity contribution >= 4 is 11.6 Å². The fraction of sp³-hybridized carbons (Fsp3) is 0.316. The smallest absolute Gasteiger partial charge is 0.231 e. The van der Waals surface area contributed by atoms with Crippen LogP contribution in [0, 0.1) is 0 Å². The molecule has 0 unspecified atom stereocenters. The molecule has 0 amide bonds. The summed E-state index contributed by atoms with van der Waals surface area (Å²) < 4.78 is 22.0. The molecule has 2 aromatic rings. The molecular formula is C19H21N3O4. The van der Waals surface area contributed by atoms with Gasteiger partial charge in [-0.2, -0.15) is 0 Å². The van der Waals surface area contributed by atoms with Crippen molar-refractivity contribution in [3.63, 3.8) is 0 Å². The van der Waals surface area contributed by atoms with Crippen molar-refractivity contribution in [2.75, 3.05) is 31.9 Å². The molecule has 0 atom stereocenters. The molecule has 0 saturated heterocycles. The normalized spacial score (nSPS) is 15.5. The summed E-state index contributed by atoms with van der Waals surface area (Å²) in [4.78, 5) is 4.38. The lowest BCUT2D eigenvalue weighted by Gasteiger charge is -2.10. The number of ether oxygens (including phenoxy) is 4. The summed E-state index contributed by atoms with van der Waals surface area (Å²) in [6.45, 7) is 2.17. The Morgan fingerprint density at radius 2 is 1.65 bits per heavy atom. The van der Waals surface area contributed by atoms with Gasteiger partial charge in [-0.05, 0) is 36.2 Å². The van der Waals surface area contributed by atoms with E-state index in [-0.39, 0.29) is 6.79 Å². The Bertz CT molecular complexity index is 822. The van der Waals surface area contributed by atoms with E-state index in [4.69, 9.17) is 24.7 Å². The highest BCUT2D eigenvalue weighted by Gasteiger charge is 2.13. The number of nitrogens with two attached hydrogens (primary N) is 1. The first-order valence-electron chi connectivity index (χ1n) is 8.63. The van der Waals surface area contributed by atoms with Crippen LogP contribution in [-0.4, -0.2) is 32.5 Å².